The Morgan fingerprint density at radius 1 is 1.45 bits per heavy atom. The van der Waals surface area contributed by atoms with E-state index < -0.39 is 5.60 Å². The molecule has 0 saturated carbocycles. The maximum absolute atomic E-state index is 11.9. The Labute approximate surface area is 124 Å². The zero-order valence-corrected chi connectivity index (χ0v) is 12.7. The molecule has 0 atom stereocenters. The summed E-state index contributed by atoms with van der Waals surface area (Å²) < 4.78 is 5.46. The number of hydrogen-bond donors (Lipinski definition) is 2. The molecule has 0 radical (unpaired) electrons. The molecular formula is C14H20N2O3S. The second-order valence-electron chi connectivity index (χ2n) is 5.21. The van der Waals surface area contributed by atoms with Crippen LogP contribution in [0, 0.1) is 0 Å². The second-order valence-corrected chi connectivity index (χ2v) is 5.65. The Bertz CT molecular complexity index is 497. The van der Waals surface area contributed by atoms with Crippen molar-refractivity contribution in [2.45, 2.75) is 19.4 Å². The Hall–Kier alpha value is -1.66. The largest absolute Gasteiger partial charge is 0.483 e. The van der Waals surface area contributed by atoms with Crippen LogP contribution in [0.4, 0.5) is 0 Å². The fourth-order valence-corrected chi connectivity index (χ4v) is 1.88. The summed E-state index contributed by atoms with van der Waals surface area (Å²) in [5, 5.41) is 9.67. The van der Waals surface area contributed by atoms with E-state index in [0.717, 1.165) is 0 Å². The first-order chi connectivity index (χ1) is 9.20. The molecule has 0 aliphatic rings. The third-order valence-corrected chi connectivity index (χ3v) is 2.77. The van der Waals surface area contributed by atoms with Crippen molar-refractivity contribution in [3.63, 3.8) is 0 Å². The van der Waals surface area contributed by atoms with Crippen molar-refractivity contribution in [1.29, 1.82) is 0 Å². The molecule has 3 N–H and O–H groups in total. The molecule has 20 heavy (non-hydrogen) atoms. The molecule has 5 nitrogen and oxygen atoms in total. The lowest BCUT2D eigenvalue weighted by Crippen LogP contribution is -2.41. The van der Waals surface area contributed by atoms with Gasteiger partial charge in [-0.3, -0.25) is 4.79 Å². The van der Waals surface area contributed by atoms with E-state index in [1.54, 1.807) is 45.2 Å². The Morgan fingerprint density at radius 3 is 2.60 bits per heavy atom. The molecule has 0 fully saturated rings. The van der Waals surface area contributed by atoms with Crippen LogP contribution in [0.3, 0.4) is 0 Å². The van der Waals surface area contributed by atoms with Gasteiger partial charge in [0.15, 0.2) is 6.61 Å². The van der Waals surface area contributed by atoms with Crippen molar-refractivity contribution in [2.75, 3.05) is 20.2 Å². The molecule has 110 valence electrons. The zero-order valence-electron chi connectivity index (χ0n) is 11.9. The molecular weight excluding hydrogens is 276 g/mol. The number of thiocarbonyl (C=S) groups is 1. The highest BCUT2D eigenvalue weighted by Gasteiger charge is 2.19. The van der Waals surface area contributed by atoms with Crippen LogP contribution in [-0.4, -0.2) is 46.7 Å². The van der Waals surface area contributed by atoms with Crippen LogP contribution < -0.4 is 10.5 Å². The molecule has 1 aromatic rings. The fourth-order valence-electron chi connectivity index (χ4n) is 1.71. The molecule has 1 rings (SSSR count). The van der Waals surface area contributed by atoms with E-state index in [9.17, 15) is 9.90 Å². The lowest BCUT2D eigenvalue weighted by atomic mass is 10.1. The number of nitrogens with zero attached hydrogens (tertiary/aromatic N) is 1. The van der Waals surface area contributed by atoms with Gasteiger partial charge in [-0.05, 0) is 26.0 Å². The highest BCUT2D eigenvalue weighted by Crippen LogP contribution is 2.17. The summed E-state index contributed by atoms with van der Waals surface area (Å²) in [4.78, 5) is 13.5. The van der Waals surface area contributed by atoms with Crippen LogP contribution in [0.2, 0.25) is 0 Å². The molecule has 0 aromatic heterocycles. The smallest absolute Gasteiger partial charge is 0.260 e. The Morgan fingerprint density at radius 2 is 2.05 bits per heavy atom. The Kier molecular flexibility index (Phi) is 5.47. The molecule has 1 aromatic carbocycles. The first-order valence-corrected chi connectivity index (χ1v) is 6.59. The first-order valence-electron chi connectivity index (χ1n) is 6.18. The average Bonchev–Trinajstić information content (AvgIpc) is 2.34. The van der Waals surface area contributed by atoms with Crippen molar-refractivity contribution in [3.05, 3.63) is 29.8 Å². The van der Waals surface area contributed by atoms with Crippen molar-refractivity contribution < 1.29 is 14.6 Å². The van der Waals surface area contributed by atoms with Crippen molar-refractivity contribution in [3.8, 4) is 5.75 Å². The van der Waals surface area contributed by atoms with E-state index in [2.05, 4.69) is 0 Å². The van der Waals surface area contributed by atoms with Gasteiger partial charge >= 0.3 is 0 Å². The average molecular weight is 296 g/mol. The minimum Gasteiger partial charge on any atom is -0.483 e. The van der Waals surface area contributed by atoms with E-state index in [4.69, 9.17) is 22.7 Å². The van der Waals surface area contributed by atoms with E-state index in [1.807, 2.05) is 0 Å². The van der Waals surface area contributed by atoms with Gasteiger partial charge in [-0.1, -0.05) is 24.4 Å². The minimum atomic E-state index is -0.943. The van der Waals surface area contributed by atoms with Gasteiger partial charge < -0.3 is 20.5 Å². The molecule has 0 saturated heterocycles. The van der Waals surface area contributed by atoms with Crippen LogP contribution >= 0.6 is 12.2 Å². The van der Waals surface area contributed by atoms with E-state index >= 15 is 0 Å². The predicted molar refractivity (Wildman–Crippen MR) is 81.8 cm³/mol. The van der Waals surface area contributed by atoms with Gasteiger partial charge in [-0.2, -0.15) is 0 Å². The second kappa shape index (κ2) is 6.67. The lowest BCUT2D eigenvalue weighted by Gasteiger charge is -2.25. The molecule has 0 unspecified atom stereocenters. The SMILES string of the molecule is CN(CC(C)(C)O)C(=O)COc1ccccc1C(N)=S. The minimum absolute atomic E-state index is 0.133. The normalized spacial score (nSPS) is 11.0. The molecule has 0 bridgehead atoms. The summed E-state index contributed by atoms with van der Waals surface area (Å²) in [6, 6.07) is 7.02. The van der Waals surface area contributed by atoms with E-state index in [0.29, 0.717) is 11.3 Å². The van der Waals surface area contributed by atoms with Crippen molar-refractivity contribution in [1.82, 2.24) is 4.90 Å². The number of carbonyl (C=O) groups is 1. The predicted octanol–water partition coefficient (Wildman–Crippen LogP) is 0.929. The van der Waals surface area contributed by atoms with Gasteiger partial charge in [-0.25, -0.2) is 0 Å². The maximum atomic E-state index is 11.9. The van der Waals surface area contributed by atoms with Gasteiger partial charge in [0, 0.05) is 13.6 Å². The summed E-state index contributed by atoms with van der Waals surface area (Å²) >= 11 is 4.92. The maximum Gasteiger partial charge on any atom is 0.260 e. The monoisotopic (exact) mass is 296 g/mol. The number of rotatable bonds is 6. The summed E-state index contributed by atoms with van der Waals surface area (Å²) in [7, 11) is 1.61. The third kappa shape index (κ3) is 5.14. The van der Waals surface area contributed by atoms with Crippen LogP contribution in [-0.2, 0) is 4.79 Å². The van der Waals surface area contributed by atoms with Crippen molar-refractivity contribution in [2.24, 2.45) is 5.73 Å². The quantitative estimate of drug-likeness (QED) is 0.764. The fraction of sp³-hybridized carbons (Fsp3) is 0.429. The van der Waals surface area contributed by atoms with Crippen LogP contribution in [0.1, 0.15) is 19.4 Å². The highest BCUT2D eigenvalue weighted by molar-refractivity contribution is 7.80. The number of nitrogens with two attached hydrogens (primary N) is 1. The number of hydrogen-bond acceptors (Lipinski definition) is 4. The van der Waals surface area contributed by atoms with Crippen molar-refractivity contribution >= 4 is 23.1 Å². The number of aliphatic hydroxyl groups is 1. The Balaban J connectivity index is 2.64. The third-order valence-electron chi connectivity index (χ3n) is 2.55. The summed E-state index contributed by atoms with van der Waals surface area (Å²) in [6.07, 6.45) is 0. The molecule has 6 heteroatoms. The number of amides is 1. The molecule has 0 aliphatic carbocycles. The van der Waals surface area contributed by atoms with E-state index in [-0.39, 0.29) is 24.0 Å². The number of likely N-dealkylation sites (N-methyl/N-ethyl adjacent to an activating group) is 1. The molecule has 0 spiro atoms. The number of para-hydroxylation sites is 1. The zero-order chi connectivity index (χ0) is 15.3. The van der Waals surface area contributed by atoms with Crippen LogP contribution in [0.25, 0.3) is 0 Å². The first kappa shape index (κ1) is 16.4. The number of benzene rings is 1. The standard InChI is InChI=1S/C14H20N2O3S/c1-14(2,18)9-16(3)12(17)8-19-11-7-5-4-6-10(11)13(15)20/h4-7,18H,8-9H2,1-3H3,(H2,15,20). The summed E-state index contributed by atoms with van der Waals surface area (Å²) in [5.74, 6) is 0.245. The van der Waals surface area contributed by atoms with Gasteiger partial charge in [0.2, 0.25) is 0 Å². The topological polar surface area (TPSA) is 75.8 Å². The molecule has 0 heterocycles. The summed E-state index contributed by atoms with van der Waals surface area (Å²) in [6.45, 7) is 3.37. The molecule has 0 aliphatic heterocycles. The van der Waals surface area contributed by atoms with Crippen LogP contribution in [0.5, 0.6) is 5.75 Å². The lowest BCUT2D eigenvalue weighted by molar-refractivity contribution is -0.134. The van der Waals surface area contributed by atoms with Gasteiger partial charge in [0.05, 0.1) is 11.2 Å². The highest BCUT2D eigenvalue weighted by atomic mass is 32.1. The van der Waals surface area contributed by atoms with Gasteiger partial charge in [-0.15, -0.1) is 0 Å². The van der Waals surface area contributed by atoms with Gasteiger partial charge in [0.1, 0.15) is 10.7 Å². The van der Waals surface area contributed by atoms with Gasteiger partial charge in [0.25, 0.3) is 5.91 Å². The van der Waals surface area contributed by atoms with E-state index in [1.165, 1.54) is 4.90 Å². The number of ether oxygens (including phenoxy) is 1. The molecule has 1 amide bonds. The summed E-state index contributed by atoms with van der Waals surface area (Å²) in [5.41, 5.74) is 5.24. The van der Waals surface area contributed by atoms with Crippen LogP contribution in [0.15, 0.2) is 24.3 Å². The number of carbonyl (C=O) groups excluding carboxylic acids is 1.